The Hall–Kier alpha value is -2.37. The highest BCUT2D eigenvalue weighted by molar-refractivity contribution is 5.73. The van der Waals surface area contributed by atoms with Crippen LogP contribution in [0, 0.1) is 17.5 Å². The molecule has 3 rings (SSSR count). The normalized spacial score (nSPS) is 11.1. The van der Waals surface area contributed by atoms with Crippen LogP contribution in [-0.2, 0) is 0 Å². The van der Waals surface area contributed by atoms with Crippen molar-refractivity contribution in [3.05, 3.63) is 53.8 Å². The molecule has 90 valence electrons. The number of hydrogen-bond donors (Lipinski definition) is 0. The van der Waals surface area contributed by atoms with E-state index in [1.54, 1.807) is 24.3 Å². The summed E-state index contributed by atoms with van der Waals surface area (Å²) in [4.78, 5) is 1.07. The molecule has 0 spiro atoms. The number of rotatable bonds is 1. The molecule has 2 aromatic carbocycles. The molecule has 0 bridgehead atoms. The highest BCUT2D eigenvalue weighted by Crippen LogP contribution is 2.17. The van der Waals surface area contributed by atoms with E-state index >= 15 is 0 Å². The van der Waals surface area contributed by atoms with Crippen molar-refractivity contribution in [3.8, 4) is 5.69 Å². The van der Waals surface area contributed by atoms with Crippen LogP contribution >= 0.6 is 0 Å². The van der Waals surface area contributed by atoms with Gasteiger partial charge in [0, 0.05) is 12.1 Å². The molecule has 0 fully saturated rings. The monoisotopic (exact) mass is 249 g/mol. The van der Waals surface area contributed by atoms with Crippen molar-refractivity contribution in [2.45, 2.75) is 0 Å². The van der Waals surface area contributed by atoms with Crippen molar-refractivity contribution in [1.82, 2.24) is 15.0 Å². The van der Waals surface area contributed by atoms with E-state index in [4.69, 9.17) is 0 Å². The maximum Gasteiger partial charge on any atom is 0.194 e. The minimum atomic E-state index is -1.50. The van der Waals surface area contributed by atoms with Gasteiger partial charge in [0.15, 0.2) is 17.5 Å². The first-order chi connectivity index (χ1) is 8.65. The highest BCUT2D eigenvalue weighted by atomic mass is 19.2. The quantitative estimate of drug-likeness (QED) is 0.621. The van der Waals surface area contributed by atoms with Crippen LogP contribution in [-0.4, -0.2) is 15.0 Å². The molecule has 0 aliphatic rings. The second kappa shape index (κ2) is 3.83. The Kier molecular flexibility index (Phi) is 2.29. The standard InChI is InChI=1S/C12H6F3N3/c13-8-5-7(6-9(14)12(8)15)18-16-10-3-1-2-4-11(10)17-18/h1-6H. The molecule has 3 nitrogen and oxygen atoms in total. The molecule has 0 radical (unpaired) electrons. The van der Waals surface area contributed by atoms with Gasteiger partial charge in [0.1, 0.15) is 11.0 Å². The van der Waals surface area contributed by atoms with Gasteiger partial charge >= 0.3 is 0 Å². The maximum absolute atomic E-state index is 13.1. The molecule has 0 saturated carbocycles. The van der Waals surface area contributed by atoms with Crippen LogP contribution in [0.4, 0.5) is 13.2 Å². The van der Waals surface area contributed by atoms with Crippen LogP contribution in [0.1, 0.15) is 0 Å². The molecule has 6 heteroatoms. The van der Waals surface area contributed by atoms with Crippen molar-refractivity contribution in [2.75, 3.05) is 0 Å². The van der Waals surface area contributed by atoms with Gasteiger partial charge in [0.2, 0.25) is 0 Å². The largest absolute Gasteiger partial charge is 0.204 e. The van der Waals surface area contributed by atoms with E-state index in [-0.39, 0.29) is 5.69 Å². The Morgan fingerprint density at radius 1 is 0.833 bits per heavy atom. The summed E-state index contributed by atoms with van der Waals surface area (Å²) in [6.45, 7) is 0. The van der Waals surface area contributed by atoms with Crippen LogP contribution in [0.25, 0.3) is 16.7 Å². The molecule has 0 saturated heterocycles. The first-order valence-corrected chi connectivity index (χ1v) is 5.12. The minimum absolute atomic E-state index is 0.0302. The highest BCUT2D eigenvalue weighted by Gasteiger charge is 2.13. The summed E-state index contributed by atoms with van der Waals surface area (Å²) in [5.74, 6) is -4.05. The van der Waals surface area contributed by atoms with E-state index in [2.05, 4.69) is 10.2 Å². The number of aromatic nitrogens is 3. The summed E-state index contributed by atoms with van der Waals surface area (Å²) >= 11 is 0. The van der Waals surface area contributed by atoms with Gasteiger partial charge in [0.05, 0.1) is 5.69 Å². The summed E-state index contributed by atoms with van der Waals surface area (Å²) in [5, 5.41) is 8.09. The van der Waals surface area contributed by atoms with Gasteiger partial charge < -0.3 is 0 Å². The van der Waals surface area contributed by atoms with E-state index in [0.29, 0.717) is 11.0 Å². The Morgan fingerprint density at radius 3 is 1.83 bits per heavy atom. The van der Waals surface area contributed by atoms with E-state index < -0.39 is 17.5 Å². The molecule has 1 aromatic heterocycles. The lowest BCUT2D eigenvalue weighted by Gasteiger charge is -2.01. The van der Waals surface area contributed by atoms with Gasteiger partial charge in [-0.1, -0.05) is 12.1 Å². The van der Waals surface area contributed by atoms with Crippen molar-refractivity contribution in [3.63, 3.8) is 0 Å². The fourth-order valence-corrected chi connectivity index (χ4v) is 1.63. The summed E-state index contributed by atoms with van der Waals surface area (Å²) in [7, 11) is 0. The second-order valence-electron chi connectivity index (χ2n) is 3.70. The van der Waals surface area contributed by atoms with E-state index in [9.17, 15) is 13.2 Å². The second-order valence-corrected chi connectivity index (χ2v) is 3.70. The summed E-state index contributed by atoms with van der Waals surface area (Å²) in [5.41, 5.74) is 1.20. The zero-order valence-electron chi connectivity index (χ0n) is 8.94. The average molecular weight is 249 g/mol. The third kappa shape index (κ3) is 1.62. The summed E-state index contributed by atoms with van der Waals surface area (Å²) in [6.07, 6.45) is 0. The molecule has 0 amide bonds. The van der Waals surface area contributed by atoms with E-state index in [1.165, 1.54) is 0 Å². The molecule has 0 unspecified atom stereocenters. The van der Waals surface area contributed by atoms with E-state index in [0.717, 1.165) is 16.9 Å². The smallest absolute Gasteiger partial charge is 0.194 e. The van der Waals surface area contributed by atoms with Gasteiger partial charge in [-0.15, -0.1) is 10.2 Å². The fourth-order valence-electron chi connectivity index (χ4n) is 1.63. The average Bonchev–Trinajstić information content (AvgIpc) is 2.79. The van der Waals surface area contributed by atoms with Crippen LogP contribution in [0.15, 0.2) is 36.4 Å². The molecule has 0 aliphatic carbocycles. The lowest BCUT2D eigenvalue weighted by atomic mass is 10.3. The predicted octanol–water partition coefficient (Wildman–Crippen LogP) is 2.84. The van der Waals surface area contributed by atoms with Crippen molar-refractivity contribution in [2.24, 2.45) is 0 Å². The van der Waals surface area contributed by atoms with Gasteiger partial charge in [0.25, 0.3) is 0 Å². The van der Waals surface area contributed by atoms with Crippen LogP contribution in [0.2, 0.25) is 0 Å². The zero-order chi connectivity index (χ0) is 12.7. The van der Waals surface area contributed by atoms with Crippen LogP contribution < -0.4 is 0 Å². The Balaban J connectivity index is 2.20. The molecular formula is C12H6F3N3. The van der Waals surface area contributed by atoms with Crippen LogP contribution in [0.5, 0.6) is 0 Å². The van der Waals surface area contributed by atoms with Gasteiger partial charge in [-0.05, 0) is 12.1 Å². The van der Waals surface area contributed by atoms with Crippen molar-refractivity contribution in [1.29, 1.82) is 0 Å². The number of fused-ring (bicyclic) bond motifs is 1. The first-order valence-electron chi connectivity index (χ1n) is 5.12. The maximum atomic E-state index is 13.1. The molecule has 0 N–H and O–H groups in total. The third-order valence-corrected chi connectivity index (χ3v) is 2.49. The first kappa shape index (κ1) is 10.8. The van der Waals surface area contributed by atoms with Crippen molar-refractivity contribution >= 4 is 11.0 Å². The molecular weight excluding hydrogens is 243 g/mol. The Labute approximate surface area is 99.5 Å². The Bertz CT molecular complexity index is 680. The number of benzene rings is 2. The van der Waals surface area contributed by atoms with Gasteiger partial charge in [-0.25, -0.2) is 13.2 Å². The summed E-state index contributed by atoms with van der Waals surface area (Å²) < 4.78 is 39.0. The SMILES string of the molecule is Fc1cc(-n2nc3ccccc3n2)cc(F)c1F. The molecule has 3 aromatic rings. The minimum Gasteiger partial charge on any atom is -0.204 e. The van der Waals surface area contributed by atoms with Gasteiger partial charge in [-0.2, -0.15) is 4.80 Å². The number of hydrogen-bond acceptors (Lipinski definition) is 2. The number of halogens is 3. The van der Waals surface area contributed by atoms with E-state index in [1.807, 2.05) is 0 Å². The molecule has 0 aliphatic heterocycles. The topological polar surface area (TPSA) is 30.7 Å². The zero-order valence-corrected chi connectivity index (χ0v) is 8.94. The van der Waals surface area contributed by atoms with Crippen molar-refractivity contribution < 1.29 is 13.2 Å². The third-order valence-electron chi connectivity index (χ3n) is 2.49. The lowest BCUT2D eigenvalue weighted by Crippen LogP contribution is -2.02. The Morgan fingerprint density at radius 2 is 1.33 bits per heavy atom. The summed E-state index contributed by atoms with van der Waals surface area (Å²) in [6, 6.07) is 8.67. The molecule has 1 heterocycles. The molecule has 0 atom stereocenters. The van der Waals surface area contributed by atoms with Crippen LogP contribution in [0.3, 0.4) is 0 Å². The number of nitrogens with zero attached hydrogens (tertiary/aromatic N) is 3. The van der Waals surface area contributed by atoms with Gasteiger partial charge in [-0.3, -0.25) is 0 Å². The lowest BCUT2D eigenvalue weighted by molar-refractivity contribution is 0.445. The predicted molar refractivity (Wildman–Crippen MR) is 58.7 cm³/mol. The molecule has 18 heavy (non-hydrogen) atoms. The fraction of sp³-hybridized carbons (Fsp3) is 0.